The number of alkyl halides is 3. The van der Waals surface area contributed by atoms with Crippen molar-refractivity contribution >= 4 is 11.6 Å². The van der Waals surface area contributed by atoms with E-state index in [-0.39, 0.29) is 12.0 Å². The Balaban J connectivity index is 1.76. The summed E-state index contributed by atoms with van der Waals surface area (Å²) in [5, 5.41) is 0.661. The normalized spacial score (nSPS) is 11.7. The molecule has 0 bridgehead atoms. The molecule has 0 aliphatic carbocycles. The van der Waals surface area contributed by atoms with Crippen LogP contribution in [0.25, 0.3) is 0 Å². The Morgan fingerprint density at radius 2 is 1.71 bits per heavy atom. The molecular formula is C18H14ClF3N2. The summed E-state index contributed by atoms with van der Waals surface area (Å²) in [7, 11) is 0. The van der Waals surface area contributed by atoms with Gasteiger partial charge in [0.1, 0.15) is 0 Å². The first-order chi connectivity index (χ1) is 11.4. The van der Waals surface area contributed by atoms with Gasteiger partial charge in [-0.05, 0) is 29.3 Å². The molecule has 3 aromatic rings. The van der Waals surface area contributed by atoms with Crippen LogP contribution in [0.5, 0.6) is 0 Å². The Labute approximate surface area is 142 Å². The highest BCUT2D eigenvalue weighted by atomic mass is 35.5. The molecule has 0 aliphatic rings. The highest BCUT2D eigenvalue weighted by Crippen LogP contribution is 2.32. The molecule has 0 saturated carbocycles. The van der Waals surface area contributed by atoms with Gasteiger partial charge in [-0.2, -0.15) is 13.2 Å². The van der Waals surface area contributed by atoms with Crippen LogP contribution in [-0.2, 0) is 19.1 Å². The van der Waals surface area contributed by atoms with Crippen LogP contribution in [0.2, 0.25) is 5.02 Å². The average Bonchev–Trinajstić information content (AvgIpc) is 2.96. The largest absolute Gasteiger partial charge is 0.416 e. The second kappa shape index (κ2) is 6.69. The predicted molar refractivity (Wildman–Crippen MR) is 87.0 cm³/mol. The summed E-state index contributed by atoms with van der Waals surface area (Å²) in [5.74, 6) is 0. The van der Waals surface area contributed by atoms with Gasteiger partial charge in [0.2, 0.25) is 0 Å². The number of benzene rings is 2. The topological polar surface area (TPSA) is 17.8 Å². The quantitative estimate of drug-likeness (QED) is 0.632. The highest BCUT2D eigenvalue weighted by molar-refractivity contribution is 6.30. The number of aromatic nitrogens is 2. The number of hydrogen-bond donors (Lipinski definition) is 0. The van der Waals surface area contributed by atoms with E-state index in [1.165, 1.54) is 12.1 Å². The smallest absolute Gasteiger partial charge is 0.333 e. The number of hydrogen-bond acceptors (Lipinski definition) is 1. The van der Waals surface area contributed by atoms with E-state index in [1.807, 2.05) is 16.7 Å². The molecule has 2 nitrogen and oxygen atoms in total. The van der Waals surface area contributed by atoms with Gasteiger partial charge in [-0.15, -0.1) is 0 Å². The zero-order valence-corrected chi connectivity index (χ0v) is 13.3. The zero-order chi connectivity index (χ0) is 17.2. The van der Waals surface area contributed by atoms with Gasteiger partial charge in [0.15, 0.2) is 0 Å². The number of nitrogens with zero attached hydrogens (tertiary/aromatic N) is 2. The lowest BCUT2D eigenvalue weighted by Crippen LogP contribution is -2.09. The van der Waals surface area contributed by atoms with Crippen molar-refractivity contribution in [2.24, 2.45) is 0 Å². The SMILES string of the molecule is FC(F)(F)c1ccccc1Cc1cn(Cc2ccc(Cl)cc2)cn1. The Bertz CT molecular complexity index is 823. The lowest BCUT2D eigenvalue weighted by Gasteiger charge is -2.11. The first kappa shape index (κ1) is 16.6. The van der Waals surface area contributed by atoms with Crippen LogP contribution >= 0.6 is 11.6 Å². The first-order valence-corrected chi connectivity index (χ1v) is 7.70. The summed E-state index contributed by atoms with van der Waals surface area (Å²) < 4.78 is 41.0. The molecule has 124 valence electrons. The Hall–Kier alpha value is -2.27. The third-order valence-electron chi connectivity index (χ3n) is 3.66. The van der Waals surface area contributed by atoms with Gasteiger partial charge >= 0.3 is 6.18 Å². The van der Waals surface area contributed by atoms with Crippen LogP contribution in [0.4, 0.5) is 13.2 Å². The molecule has 0 fully saturated rings. The molecule has 24 heavy (non-hydrogen) atoms. The molecule has 2 aromatic carbocycles. The van der Waals surface area contributed by atoms with E-state index < -0.39 is 11.7 Å². The monoisotopic (exact) mass is 350 g/mol. The molecule has 0 atom stereocenters. The van der Waals surface area contributed by atoms with Crippen molar-refractivity contribution in [2.45, 2.75) is 19.1 Å². The molecule has 0 unspecified atom stereocenters. The van der Waals surface area contributed by atoms with E-state index in [0.29, 0.717) is 17.3 Å². The maximum atomic E-state index is 13.0. The van der Waals surface area contributed by atoms with Gasteiger partial charge in [-0.25, -0.2) is 4.98 Å². The Morgan fingerprint density at radius 1 is 1.00 bits per heavy atom. The van der Waals surface area contributed by atoms with Crippen LogP contribution < -0.4 is 0 Å². The molecule has 1 aromatic heterocycles. The van der Waals surface area contributed by atoms with Crippen molar-refractivity contribution in [1.29, 1.82) is 0 Å². The van der Waals surface area contributed by atoms with Crippen molar-refractivity contribution in [2.75, 3.05) is 0 Å². The third-order valence-corrected chi connectivity index (χ3v) is 3.91. The van der Waals surface area contributed by atoms with E-state index in [1.54, 1.807) is 30.7 Å². The first-order valence-electron chi connectivity index (χ1n) is 7.32. The molecule has 0 spiro atoms. The van der Waals surface area contributed by atoms with E-state index in [2.05, 4.69) is 4.98 Å². The van der Waals surface area contributed by atoms with E-state index in [9.17, 15) is 13.2 Å². The summed E-state index contributed by atoms with van der Waals surface area (Å²) in [6.45, 7) is 0.588. The summed E-state index contributed by atoms with van der Waals surface area (Å²) in [4.78, 5) is 4.22. The fourth-order valence-electron chi connectivity index (χ4n) is 2.53. The van der Waals surface area contributed by atoms with Crippen molar-refractivity contribution in [3.63, 3.8) is 0 Å². The minimum absolute atomic E-state index is 0.142. The molecule has 0 N–H and O–H groups in total. The van der Waals surface area contributed by atoms with E-state index in [0.717, 1.165) is 11.6 Å². The Morgan fingerprint density at radius 3 is 2.42 bits per heavy atom. The van der Waals surface area contributed by atoms with Gasteiger partial charge in [-0.1, -0.05) is 41.9 Å². The molecule has 0 aliphatic heterocycles. The maximum absolute atomic E-state index is 13.0. The van der Waals surface area contributed by atoms with Crippen LogP contribution in [-0.4, -0.2) is 9.55 Å². The predicted octanol–water partition coefficient (Wildman–Crippen LogP) is 5.19. The molecule has 6 heteroatoms. The van der Waals surface area contributed by atoms with Crippen molar-refractivity contribution in [3.8, 4) is 0 Å². The van der Waals surface area contributed by atoms with Gasteiger partial charge in [0.25, 0.3) is 0 Å². The van der Waals surface area contributed by atoms with Crippen LogP contribution in [0.3, 0.4) is 0 Å². The minimum atomic E-state index is -4.36. The van der Waals surface area contributed by atoms with Gasteiger partial charge in [-0.3, -0.25) is 0 Å². The number of rotatable bonds is 4. The number of halogens is 4. The lowest BCUT2D eigenvalue weighted by molar-refractivity contribution is -0.138. The molecular weight excluding hydrogens is 337 g/mol. The standard InChI is InChI=1S/C18H14ClF3N2/c19-15-7-5-13(6-8-15)10-24-11-16(23-12-24)9-14-3-1-2-4-17(14)18(20,21)22/h1-8,11-12H,9-10H2. The second-order valence-electron chi connectivity index (χ2n) is 5.50. The highest BCUT2D eigenvalue weighted by Gasteiger charge is 2.32. The number of imidazole rings is 1. The van der Waals surface area contributed by atoms with Crippen molar-refractivity contribution in [1.82, 2.24) is 9.55 Å². The molecule has 3 rings (SSSR count). The van der Waals surface area contributed by atoms with Gasteiger partial charge < -0.3 is 4.57 Å². The fraction of sp³-hybridized carbons (Fsp3) is 0.167. The average molecular weight is 351 g/mol. The summed E-state index contributed by atoms with van der Waals surface area (Å²) >= 11 is 5.85. The van der Waals surface area contributed by atoms with Crippen molar-refractivity contribution < 1.29 is 13.2 Å². The third kappa shape index (κ3) is 3.97. The van der Waals surface area contributed by atoms with Crippen LogP contribution in [0.15, 0.2) is 61.1 Å². The minimum Gasteiger partial charge on any atom is -0.333 e. The van der Waals surface area contributed by atoms with Crippen LogP contribution in [0.1, 0.15) is 22.4 Å². The Kier molecular flexibility index (Phi) is 4.62. The maximum Gasteiger partial charge on any atom is 0.416 e. The summed E-state index contributed by atoms with van der Waals surface area (Å²) in [6, 6.07) is 13.0. The van der Waals surface area contributed by atoms with Crippen molar-refractivity contribution in [3.05, 3.63) is 88.5 Å². The molecule has 0 saturated heterocycles. The molecule has 1 heterocycles. The summed E-state index contributed by atoms with van der Waals surface area (Å²) in [6.07, 6.45) is -0.826. The lowest BCUT2D eigenvalue weighted by atomic mass is 10.0. The summed E-state index contributed by atoms with van der Waals surface area (Å²) in [5.41, 5.74) is 1.25. The second-order valence-corrected chi connectivity index (χ2v) is 5.93. The van der Waals surface area contributed by atoms with E-state index >= 15 is 0 Å². The van der Waals surface area contributed by atoms with Gasteiger partial charge in [0, 0.05) is 24.2 Å². The van der Waals surface area contributed by atoms with Gasteiger partial charge in [0.05, 0.1) is 17.6 Å². The fourth-order valence-corrected chi connectivity index (χ4v) is 2.66. The molecule has 0 radical (unpaired) electrons. The van der Waals surface area contributed by atoms with Crippen LogP contribution in [0, 0.1) is 0 Å². The van der Waals surface area contributed by atoms with E-state index in [4.69, 9.17) is 11.6 Å². The molecule has 0 amide bonds. The zero-order valence-electron chi connectivity index (χ0n) is 12.6.